The van der Waals surface area contributed by atoms with E-state index in [4.69, 9.17) is 4.18 Å². The van der Waals surface area contributed by atoms with Gasteiger partial charge in [0, 0.05) is 12.6 Å². The minimum Gasteiger partial charge on any atom is -0.377 e. The van der Waals surface area contributed by atoms with Crippen molar-refractivity contribution in [1.29, 1.82) is 0 Å². The van der Waals surface area contributed by atoms with E-state index in [1.165, 1.54) is 43.3 Å². The highest BCUT2D eigenvalue weighted by molar-refractivity contribution is 7.87. The van der Waals surface area contributed by atoms with E-state index in [2.05, 4.69) is 5.32 Å². The van der Waals surface area contributed by atoms with E-state index >= 15 is 0 Å². The number of benzene rings is 2. The molecule has 0 unspecified atom stereocenters. The molecule has 2 aromatic rings. The molecule has 1 heterocycles. The Kier molecular flexibility index (Phi) is 4.81. The van der Waals surface area contributed by atoms with E-state index in [9.17, 15) is 22.8 Å². The van der Waals surface area contributed by atoms with E-state index in [1.54, 1.807) is 12.1 Å². The number of hydrogen-bond acceptors (Lipinski definition) is 6. The molecule has 3 aliphatic rings. The third-order valence-corrected chi connectivity index (χ3v) is 7.94. The number of amides is 3. The number of para-hydroxylation sites is 2. The second-order valence-electron chi connectivity index (χ2n) is 8.61. The Labute approximate surface area is 185 Å². The molecule has 0 radical (unpaired) electrons. The van der Waals surface area contributed by atoms with Gasteiger partial charge in [0.15, 0.2) is 5.75 Å². The second-order valence-corrected chi connectivity index (χ2v) is 10.2. The minimum absolute atomic E-state index is 0.0764. The van der Waals surface area contributed by atoms with Crippen molar-refractivity contribution in [1.82, 2.24) is 0 Å². The lowest BCUT2D eigenvalue weighted by Crippen LogP contribution is -2.33. The molecular formula is C23H22N2O6S. The van der Waals surface area contributed by atoms with Crippen LogP contribution in [-0.4, -0.2) is 26.1 Å². The van der Waals surface area contributed by atoms with Gasteiger partial charge in [0.25, 0.3) is 0 Å². The van der Waals surface area contributed by atoms with Gasteiger partial charge in [-0.25, -0.2) is 4.90 Å². The normalized spacial score (nSPS) is 26.3. The van der Waals surface area contributed by atoms with Crippen molar-refractivity contribution in [2.75, 3.05) is 10.2 Å². The lowest BCUT2D eigenvalue weighted by molar-refractivity contribution is -0.123. The lowest BCUT2D eigenvalue weighted by atomic mass is 9.81. The maximum absolute atomic E-state index is 13.2. The van der Waals surface area contributed by atoms with Crippen LogP contribution in [0, 0.1) is 23.7 Å². The summed E-state index contributed by atoms with van der Waals surface area (Å²) in [5.74, 6) is -1.05. The largest absolute Gasteiger partial charge is 0.377 e. The molecule has 2 bridgehead atoms. The average molecular weight is 455 g/mol. The molecule has 1 aliphatic heterocycles. The van der Waals surface area contributed by atoms with Gasteiger partial charge in [-0.1, -0.05) is 12.1 Å². The van der Waals surface area contributed by atoms with Crippen LogP contribution in [0.3, 0.4) is 0 Å². The van der Waals surface area contributed by atoms with Gasteiger partial charge in [0.1, 0.15) is 4.90 Å². The summed E-state index contributed by atoms with van der Waals surface area (Å²) >= 11 is 0. The van der Waals surface area contributed by atoms with Gasteiger partial charge in [-0.15, -0.1) is 0 Å². The van der Waals surface area contributed by atoms with Crippen LogP contribution in [0.25, 0.3) is 0 Å². The SMILES string of the molecule is CC(=O)Nc1ccc(S(=O)(=O)Oc2ccccc2N2C(=O)[C@H]3[C@@H]4CC[C@@H](C4)[C@@H]3C2=O)cc1. The van der Waals surface area contributed by atoms with Crippen LogP contribution in [0.15, 0.2) is 53.4 Å². The fraction of sp³-hybridized carbons (Fsp3) is 0.348. The molecule has 8 nitrogen and oxygen atoms in total. The molecule has 0 spiro atoms. The van der Waals surface area contributed by atoms with Crippen molar-refractivity contribution < 1.29 is 27.0 Å². The first kappa shape index (κ1) is 20.7. The topological polar surface area (TPSA) is 110 Å². The Morgan fingerprint density at radius 2 is 1.56 bits per heavy atom. The van der Waals surface area contributed by atoms with Gasteiger partial charge < -0.3 is 9.50 Å². The Balaban J connectivity index is 1.44. The quantitative estimate of drug-likeness (QED) is 0.550. The van der Waals surface area contributed by atoms with Crippen molar-refractivity contribution in [3.8, 4) is 5.75 Å². The van der Waals surface area contributed by atoms with Crippen LogP contribution in [-0.2, 0) is 24.5 Å². The zero-order valence-corrected chi connectivity index (χ0v) is 18.2. The van der Waals surface area contributed by atoms with Crippen LogP contribution >= 0.6 is 0 Å². The third-order valence-electron chi connectivity index (χ3n) is 6.70. The number of nitrogens with one attached hydrogen (secondary N) is 1. The number of nitrogens with zero attached hydrogens (tertiary/aromatic N) is 1. The molecular weight excluding hydrogens is 432 g/mol. The Hall–Kier alpha value is -3.20. The van der Waals surface area contributed by atoms with E-state index in [-0.39, 0.29) is 57.7 Å². The molecule has 3 fully saturated rings. The summed E-state index contributed by atoms with van der Waals surface area (Å²) in [6, 6.07) is 11.7. The molecule has 166 valence electrons. The van der Waals surface area contributed by atoms with Crippen molar-refractivity contribution in [2.24, 2.45) is 23.7 Å². The highest BCUT2D eigenvalue weighted by Gasteiger charge is 2.61. The highest BCUT2D eigenvalue weighted by atomic mass is 32.2. The van der Waals surface area contributed by atoms with Crippen molar-refractivity contribution in [2.45, 2.75) is 31.1 Å². The third kappa shape index (κ3) is 3.28. The molecule has 5 rings (SSSR count). The molecule has 2 aromatic carbocycles. The van der Waals surface area contributed by atoms with Gasteiger partial charge in [-0.3, -0.25) is 14.4 Å². The molecule has 1 saturated heterocycles. The van der Waals surface area contributed by atoms with Gasteiger partial charge in [-0.2, -0.15) is 8.42 Å². The Morgan fingerprint density at radius 3 is 2.16 bits per heavy atom. The van der Waals surface area contributed by atoms with E-state index in [1.807, 2.05) is 0 Å². The van der Waals surface area contributed by atoms with Gasteiger partial charge in [0.05, 0.1) is 17.5 Å². The fourth-order valence-corrected chi connectivity index (χ4v) is 6.38. The predicted molar refractivity (Wildman–Crippen MR) is 115 cm³/mol. The first-order valence-electron chi connectivity index (χ1n) is 10.6. The summed E-state index contributed by atoms with van der Waals surface area (Å²) in [6.07, 6.45) is 2.83. The maximum Gasteiger partial charge on any atom is 0.339 e. The van der Waals surface area contributed by atoms with Gasteiger partial charge >= 0.3 is 10.1 Å². The van der Waals surface area contributed by atoms with Crippen molar-refractivity contribution >= 4 is 39.2 Å². The Bertz CT molecular complexity index is 1200. The number of carbonyl (C=O) groups excluding carboxylic acids is 3. The summed E-state index contributed by atoms with van der Waals surface area (Å²) in [6.45, 7) is 1.35. The standard InChI is InChI=1S/C23H22N2O6S/c1-13(26)24-16-8-10-17(11-9-16)32(29,30)31-19-5-3-2-4-18(19)25-22(27)20-14-6-7-15(12-14)21(20)23(25)28/h2-5,8-11,14-15,20-21H,6-7,12H2,1H3,(H,24,26)/t14-,15+,20-,21-/m0/s1. The van der Waals surface area contributed by atoms with Crippen LogP contribution in [0.5, 0.6) is 5.75 Å². The van der Waals surface area contributed by atoms with E-state index in [0.29, 0.717) is 5.69 Å². The summed E-state index contributed by atoms with van der Waals surface area (Å²) in [5, 5.41) is 2.56. The van der Waals surface area contributed by atoms with Crippen LogP contribution < -0.4 is 14.4 Å². The molecule has 2 aliphatic carbocycles. The molecule has 9 heteroatoms. The predicted octanol–water partition coefficient (Wildman–Crippen LogP) is 2.95. The molecule has 4 atom stereocenters. The van der Waals surface area contributed by atoms with Gasteiger partial charge in [0.2, 0.25) is 17.7 Å². The Morgan fingerprint density at radius 1 is 0.969 bits per heavy atom. The molecule has 1 N–H and O–H groups in total. The molecule has 0 aromatic heterocycles. The second kappa shape index (κ2) is 7.44. The van der Waals surface area contributed by atoms with Crippen molar-refractivity contribution in [3.63, 3.8) is 0 Å². The lowest BCUT2D eigenvalue weighted by Gasteiger charge is -2.20. The average Bonchev–Trinajstić information content (AvgIpc) is 3.42. The van der Waals surface area contributed by atoms with Gasteiger partial charge in [-0.05, 0) is 67.5 Å². The number of hydrogen-bond donors (Lipinski definition) is 1. The number of rotatable bonds is 5. The maximum atomic E-state index is 13.2. The molecule has 2 saturated carbocycles. The smallest absolute Gasteiger partial charge is 0.339 e. The number of imide groups is 1. The summed E-state index contributed by atoms with van der Waals surface area (Å²) in [7, 11) is -4.24. The summed E-state index contributed by atoms with van der Waals surface area (Å²) < 4.78 is 31.1. The van der Waals surface area contributed by atoms with Crippen LogP contribution in [0.4, 0.5) is 11.4 Å². The van der Waals surface area contributed by atoms with Crippen LogP contribution in [0.2, 0.25) is 0 Å². The molecule has 3 amide bonds. The summed E-state index contributed by atoms with van der Waals surface area (Å²) in [5.41, 5.74) is 0.598. The van der Waals surface area contributed by atoms with Crippen LogP contribution in [0.1, 0.15) is 26.2 Å². The minimum atomic E-state index is -4.24. The number of carbonyl (C=O) groups is 3. The fourth-order valence-electron chi connectivity index (χ4n) is 5.43. The first-order chi connectivity index (χ1) is 15.3. The number of fused-ring (bicyclic) bond motifs is 5. The summed E-state index contributed by atoms with van der Waals surface area (Å²) in [4.78, 5) is 38.5. The van der Waals surface area contributed by atoms with E-state index in [0.717, 1.165) is 24.2 Å². The first-order valence-corrected chi connectivity index (χ1v) is 12.0. The molecule has 32 heavy (non-hydrogen) atoms. The number of anilines is 2. The zero-order chi connectivity index (χ0) is 22.6. The van der Waals surface area contributed by atoms with E-state index < -0.39 is 10.1 Å². The zero-order valence-electron chi connectivity index (χ0n) is 17.4. The monoisotopic (exact) mass is 454 g/mol. The van der Waals surface area contributed by atoms with Crippen molar-refractivity contribution in [3.05, 3.63) is 48.5 Å². The highest BCUT2D eigenvalue weighted by Crippen LogP contribution is 2.57.